The van der Waals surface area contributed by atoms with Crippen molar-refractivity contribution in [3.05, 3.63) is 77.1 Å². The van der Waals surface area contributed by atoms with Gasteiger partial charge >= 0.3 is 6.18 Å². The van der Waals surface area contributed by atoms with Crippen molar-refractivity contribution in [1.82, 2.24) is 10.3 Å². The maximum atomic E-state index is 13.1. The highest BCUT2D eigenvalue weighted by Crippen LogP contribution is 2.36. The van der Waals surface area contributed by atoms with Crippen molar-refractivity contribution in [3.63, 3.8) is 0 Å². The van der Waals surface area contributed by atoms with E-state index in [2.05, 4.69) is 15.7 Å². The van der Waals surface area contributed by atoms with Gasteiger partial charge in [-0.2, -0.15) is 13.2 Å². The third kappa shape index (κ3) is 5.46. The molecule has 0 fully saturated rings. The third-order valence-corrected chi connectivity index (χ3v) is 4.48. The van der Waals surface area contributed by atoms with Crippen LogP contribution in [0.25, 0.3) is 0 Å². The van der Waals surface area contributed by atoms with Crippen molar-refractivity contribution in [2.75, 3.05) is 17.5 Å². The van der Waals surface area contributed by atoms with Gasteiger partial charge < -0.3 is 10.1 Å². The summed E-state index contributed by atoms with van der Waals surface area (Å²) in [4.78, 5) is 27.3. The number of aromatic nitrogens is 1. The molecule has 166 valence electrons. The maximum absolute atomic E-state index is 13.1. The number of carbonyl (C=O) groups excluding carboxylic acids is 2. The standard InChI is InChI=1S/C21H16ClF3N4O3/c1-26-20(31)19-11-16(7-8-27-19)32-15-4-2-3-14(10-15)29(12-30)28-13-5-6-18(22)17(9-13)21(23,24)25/h2-12,28H,1H3,(H,26,31). The molecule has 0 saturated carbocycles. The van der Waals surface area contributed by atoms with E-state index >= 15 is 0 Å². The Kier molecular flexibility index (Phi) is 6.84. The number of pyridine rings is 1. The van der Waals surface area contributed by atoms with E-state index in [1.807, 2.05) is 0 Å². The van der Waals surface area contributed by atoms with E-state index in [-0.39, 0.29) is 17.3 Å². The van der Waals surface area contributed by atoms with Crippen molar-refractivity contribution in [2.24, 2.45) is 0 Å². The number of nitrogens with zero attached hydrogens (tertiary/aromatic N) is 2. The second-order valence-electron chi connectivity index (χ2n) is 6.33. The highest BCUT2D eigenvalue weighted by Gasteiger charge is 2.33. The summed E-state index contributed by atoms with van der Waals surface area (Å²) < 4.78 is 45.0. The van der Waals surface area contributed by atoms with Crippen molar-refractivity contribution in [2.45, 2.75) is 6.18 Å². The molecule has 0 unspecified atom stereocenters. The van der Waals surface area contributed by atoms with E-state index in [1.165, 1.54) is 31.4 Å². The minimum atomic E-state index is -4.65. The molecule has 0 saturated heterocycles. The van der Waals surface area contributed by atoms with Gasteiger partial charge in [0, 0.05) is 25.4 Å². The van der Waals surface area contributed by atoms with Gasteiger partial charge in [-0.05, 0) is 36.4 Å². The summed E-state index contributed by atoms with van der Waals surface area (Å²) in [6.07, 6.45) is -2.84. The van der Waals surface area contributed by atoms with Crippen LogP contribution in [0, 0.1) is 0 Å². The molecule has 0 bridgehead atoms. The lowest BCUT2D eigenvalue weighted by Gasteiger charge is -2.21. The third-order valence-electron chi connectivity index (χ3n) is 4.15. The van der Waals surface area contributed by atoms with Crippen LogP contribution in [0.15, 0.2) is 60.8 Å². The minimum absolute atomic E-state index is 0.00417. The van der Waals surface area contributed by atoms with Gasteiger partial charge in [-0.25, -0.2) is 5.01 Å². The Morgan fingerprint density at radius 2 is 1.88 bits per heavy atom. The highest BCUT2D eigenvalue weighted by molar-refractivity contribution is 6.31. The fourth-order valence-electron chi connectivity index (χ4n) is 2.66. The van der Waals surface area contributed by atoms with Gasteiger partial charge in [-0.3, -0.25) is 20.0 Å². The van der Waals surface area contributed by atoms with E-state index < -0.39 is 16.8 Å². The summed E-state index contributed by atoms with van der Waals surface area (Å²) in [6, 6.07) is 12.4. The highest BCUT2D eigenvalue weighted by atomic mass is 35.5. The van der Waals surface area contributed by atoms with Crippen LogP contribution in [0.3, 0.4) is 0 Å². The number of benzene rings is 2. The van der Waals surface area contributed by atoms with Crippen LogP contribution < -0.4 is 20.5 Å². The molecule has 2 aromatic carbocycles. The number of alkyl halides is 3. The van der Waals surface area contributed by atoms with Gasteiger partial charge in [0.15, 0.2) is 0 Å². The summed E-state index contributed by atoms with van der Waals surface area (Å²) >= 11 is 5.63. The molecule has 3 rings (SSSR count). The first kappa shape index (κ1) is 22.9. The zero-order valence-corrected chi connectivity index (χ0v) is 17.2. The zero-order valence-electron chi connectivity index (χ0n) is 16.5. The molecule has 7 nitrogen and oxygen atoms in total. The first-order valence-corrected chi connectivity index (χ1v) is 9.43. The zero-order chi connectivity index (χ0) is 23.3. The van der Waals surface area contributed by atoms with Crippen LogP contribution >= 0.6 is 11.6 Å². The Balaban J connectivity index is 1.82. The number of anilines is 2. The molecule has 1 aromatic heterocycles. The Labute approximate surface area is 185 Å². The van der Waals surface area contributed by atoms with Crippen LogP contribution in [0.1, 0.15) is 16.1 Å². The van der Waals surface area contributed by atoms with Crippen molar-refractivity contribution in [1.29, 1.82) is 0 Å². The van der Waals surface area contributed by atoms with Crippen molar-refractivity contribution >= 4 is 35.3 Å². The molecule has 32 heavy (non-hydrogen) atoms. The number of hydrazine groups is 1. The molecule has 0 atom stereocenters. The lowest BCUT2D eigenvalue weighted by Crippen LogP contribution is -2.28. The quantitative estimate of drug-likeness (QED) is 0.384. The average Bonchev–Trinajstić information content (AvgIpc) is 2.77. The molecular weight excluding hydrogens is 449 g/mol. The van der Waals surface area contributed by atoms with Gasteiger partial charge in [0.05, 0.1) is 22.0 Å². The summed E-state index contributed by atoms with van der Waals surface area (Å²) in [5.74, 6) is 0.257. The van der Waals surface area contributed by atoms with Crippen LogP contribution in [0.2, 0.25) is 5.02 Å². The smallest absolute Gasteiger partial charge is 0.417 e. The number of amides is 2. The largest absolute Gasteiger partial charge is 0.457 e. The molecule has 0 aliphatic carbocycles. The summed E-state index contributed by atoms with van der Waals surface area (Å²) in [5, 5.41) is 2.99. The molecule has 1 heterocycles. The van der Waals surface area contributed by atoms with Gasteiger partial charge in [-0.1, -0.05) is 17.7 Å². The molecular formula is C21H16ClF3N4O3. The Morgan fingerprint density at radius 1 is 1.12 bits per heavy atom. The SMILES string of the molecule is CNC(=O)c1cc(Oc2cccc(N(C=O)Nc3ccc(Cl)c(C(F)(F)F)c3)c2)ccn1. The normalized spacial score (nSPS) is 10.9. The molecule has 0 aliphatic heterocycles. The van der Waals surface area contributed by atoms with E-state index in [9.17, 15) is 22.8 Å². The Hall–Kier alpha value is -3.79. The van der Waals surface area contributed by atoms with Crippen molar-refractivity contribution in [3.8, 4) is 11.5 Å². The second kappa shape index (κ2) is 9.56. The molecule has 2 amide bonds. The van der Waals surface area contributed by atoms with E-state index in [0.29, 0.717) is 23.6 Å². The van der Waals surface area contributed by atoms with Crippen LogP contribution in [0.4, 0.5) is 24.5 Å². The average molecular weight is 465 g/mol. The second-order valence-corrected chi connectivity index (χ2v) is 6.74. The first-order chi connectivity index (χ1) is 15.2. The van der Waals surface area contributed by atoms with E-state index in [4.69, 9.17) is 16.3 Å². The predicted molar refractivity (Wildman–Crippen MR) is 113 cm³/mol. The predicted octanol–water partition coefficient (Wildman–Crippen LogP) is 4.90. The number of nitrogens with one attached hydrogen (secondary N) is 2. The number of halogens is 4. The molecule has 0 radical (unpaired) electrons. The Morgan fingerprint density at radius 3 is 2.56 bits per heavy atom. The van der Waals surface area contributed by atoms with Gasteiger partial charge in [0.25, 0.3) is 5.91 Å². The lowest BCUT2D eigenvalue weighted by molar-refractivity contribution is -0.137. The molecule has 0 spiro atoms. The number of ether oxygens (including phenoxy) is 1. The molecule has 3 aromatic rings. The molecule has 11 heteroatoms. The fourth-order valence-corrected chi connectivity index (χ4v) is 2.89. The number of hydrogen-bond donors (Lipinski definition) is 2. The molecule has 0 aliphatic rings. The fraction of sp³-hybridized carbons (Fsp3) is 0.0952. The maximum Gasteiger partial charge on any atom is 0.417 e. The monoisotopic (exact) mass is 464 g/mol. The van der Waals surface area contributed by atoms with Crippen LogP contribution in [-0.4, -0.2) is 24.3 Å². The summed E-state index contributed by atoms with van der Waals surface area (Å²) in [7, 11) is 1.47. The van der Waals surface area contributed by atoms with Crippen molar-refractivity contribution < 1.29 is 27.5 Å². The van der Waals surface area contributed by atoms with Gasteiger partial charge in [0.2, 0.25) is 6.41 Å². The summed E-state index contributed by atoms with van der Waals surface area (Å²) in [6.45, 7) is 0. The van der Waals surface area contributed by atoms with Gasteiger partial charge in [-0.15, -0.1) is 0 Å². The van der Waals surface area contributed by atoms with E-state index in [0.717, 1.165) is 17.1 Å². The number of hydrogen-bond acceptors (Lipinski definition) is 5. The summed E-state index contributed by atoms with van der Waals surface area (Å²) in [5.41, 5.74) is 2.02. The Bertz CT molecular complexity index is 1140. The van der Waals surface area contributed by atoms with Crippen LogP contribution in [-0.2, 0) is 11.0 Å². The first-order valence-electron chi connectivity index (χ1n) is 9.05. The number of rotatable bonds is 7. The van der Waals surface area contributed by atoms with Gasteiger partial charge in [0.1, 0.15) is 17.2 Å². The topological polar surface area (TPSA) is 83.6 Å². The number of carbonyl (C=O) groups is 2. The van der Waals surface area contributed by atoms with Crippen LogP contribution in [0.5, 0.6) is 11.5 Å². The minimum Gasteiger partial charge on any atom is -0.457 e. The lowest BCUT2D eigenvalue weighted by atomic mass is 10.2. The van der Waals surface area contributed by atoms with E-state index in [1.54, 1.807) is 24.3 Å². The molecule has 2 N–H and O–H groups in total.